The lowest BCUT2D eigenvalue weighted by molar-refractivity contribution is -0.129. The van der Waals surface area contributed by atoms with E-state index in [1.807, 2.05) is 19.1 Å². The molecule has 2 aromatic rings. The van der Waals surface area contributed by atoms with Gasteiger partial charge in [0.25, 0.3) is 0 Å². The monoisotopic (exact) mass is 496 g/mol. The van der Waals surface area contributed by atoms with Crippen molar-refractivity contribution in [2.45, 2.75) is 34.3 Å². The van der Waals surface area contributed by atoms with Crippen molar-refractivity contribution in [1.29, 1.82) is 0 Å². The summed E-state index contributed by atoms with van der Waals surface area (Å²) in [5.74, 6) is 0.101. The third kappa shape index (κ3) is 6.18. The first-order chi connectivity index (χ1) is 12.6. The Kier molecular flexibility index (Phi) is 7.23. The maximum Gasteiger partial charge on any atom is 0.338 e. The largest absolute Gasteiger partial charge is 0.487 e. The van der Waals surface area contributed by atoms with Gasteiger partial charge in [-0.1, -0.05) is 32.9 Å². The van der Waals surface area contributed by atoms with Gasteiger partial charge >= 0.3 is 5.97 Å². The van der Waals surface area contributed by atoms with Crippen molar-refractivity contribution in [3.8, 4) is 5.75 Å². The molecule has 6 heteroatoms. The molecule has 0 aliphatic rings. The molecule has 2 rings (SSSR count). The Morgan fingerprint density at radius 3 is 2.07 bits per heavy atom. The van der Waals surface area contributed by atoms with Gasteiger partial charge in [-0.3, -0.25) is 4.79 Å². The molecule has 0 saturated heterocycles. The highest BCUT2D eigenvalue weighted by atomic mass is 79.9. The molecule has 0 amide bonds. The molecule has 4 nitrogen and oxygen atoms in total. The fourth-order valence-electron chi connectivity index (χ4n) is 2.15. The maximum absolute atomic E-state index is 12.1. The van der Waals surface area contributed by atoms with Crippen LogP contribution in [0.25, 0.3) is 0 Å². The highest BCUT2D eigenvalue weighted by Crippen LogP contribution is 2.35. The van der Waals surface area contributed by atoms with E-state index in [9.17, 15) is 9.59 Å². The molecule has 0 atom stereocenters. The van der Waals surface area contributed by atoms with E-state index in [-0.39, 0.29) is 12.4 Å². The van der Waals surface area contributed by atoms with Crippen LogP contribution in [0, 0.1) is 12.3 Å². The third-order valence-corrected chi connectivity index (χ3v) is 5.06. The summed E-state index contributed by atoms with van der Waals surface area (Å²) in [4.78, 5) is 23.9. The van der Waals surface area contributed by atoms with Gasteiger partial charge in [-0.2, -0.15) is 0 Å². The maximum atomic E-state index is 12.1. The van der Waals surface area contributed by atoms with E-state index in [0.29, 0.717) is 12.2 Å². The van der Waals surface area contributed by atoms with Gasteiger partial charge in [0, 0.05) is 5.41 Å². The molecule has 0 unspecified atom stereocenters. The van der Waals surface area contributed by atoms with E-state index >= 15 is 0 Å². The molecule has 0 fully saturated rings. The predicted molar refractivity (Wildman–Crippen MR) is 112 cm³/mol. The number of hydrogen-bond acceptors (Lipinski definition) is 4. The standard InChI is InChI=1S/C21H22Br2O4/c1-13-9-16(22)19(17(23)10-13)26-11-14-5-7-15(8-6-14)20(25)27-12-18(24)21(2,3)4/h5-10H,11-12H2,1-4H3. The van der Waals surface area contributed by atoms with E-state index in [2.05, 4.69) is 31.9 Å². The molecule has 0 heterocycles. The molecule has 0 spiro atoms. The van der Waals surface area contributed by atoms with Crippen LogP contribution in [0.4, 0.5) is 0 Å². The van der Waals surface area contributed by atoms with E-state index in [0.717, 1.165) is 25.8 Å². The molecule has 0 N–H and O–H groups in total. The minimum Gasteiger partial charge on any atom is -0.487 e. The van der Waals surface area contributed by atoms with Crippen molar-refractivity contribution in [2.75, 3.05) is 6.61 Å². The van der Waals surface area contributed by atoms with Gasteiger partial charge in [0.1, 0.15) is 12.4 Å². The number of rotatable bonds is 6. The molecule has 0 bridgehead atoms. The van der Waals surface area contributed by atoms with Gasteiger partial charge < -0.3 is 9.47 Å². The number of esters is 1. The summed E-state index contributed by atoms with van der Waals surface area (Å²) in [6.45, 7) is 7.53. The molecule has 144 valence electrons. The molecule has 0 aliphatic carbocycles. The highest BCUT2D eigenvalue weighted by molar-refractivity contribution is 9.11. The Hall–Kier alpha value is -1.66. The molecule has 2 aromatic carbocycles. The van der Waals surface area contributed by atoms with Crippen LogP contribution >= 0.6 is 31.9 Å². The van der Waals surface area contributed by atoms with E-state index in [1.54, 1.807) is 45.0 Å². The first-order valence-electron chi connectivity index (χ1n) is 8.45. The van der Waals surface area contributed by atoms with Crippen LogP contribution in [0.1, 0.15) is 42.3 Å². The van der Waals surface area contributed by atoms with Crippen molar-refractivity contribution in [3.63, 3.8) is 0 Å². The molecule has 0 aromatic heterocycles. The summed E-state index contributed by atoms with van der Waals surface area (Å²) in [6, 6.07) is 10.9. The van der Waals surface area contributed by atoms with Crippen LogP contribution < -0.4 is 4.74 Å². The number of carbonyl (C=O) groups excluding carboxylic acids is 2. The second kappa shape index (κ2) is 9.02. The quantitative estimate of drug-likeness (QED) is 0.468. The Balaban J connectivity index is 1.95. The van der Waals surface area contributed by atoms with Crippen molar-refractivity contribution in [3.05, 3.63) is 62.0 Å². The average Bonchev–Trinajstić information content (AvgIpc) is 2.58. The van der Waals surface area contributed by atoms with Gasteiger partial charge in [-0.05, 0) is 74.2 Å². The van der Waals surface area contributed by atoms with E-state index in [4.69, 9.17) is 9.47 Å². The summed E-state index contributed by atoms with van der Waals surface area (Å²) in [5, 5.41) is 0. The summed E-state index contributed by atoms with van der Waals surface area (Å²) in [6.07, 6.45) is 0. The van der Waals surface area contributed by atoms with Crippen molar-refractivity contribution < 1.29 is 19.1 Å². The summed E-state index contributed by atoms with van der Waals surface area (Å²) in [5.41, 5.74) is 1.91. The fourth-order valence-corrected chi connectivity index (χ4v) is 3.79. The number of halogens is 2. The van der Waals surface area contributed by atoms with Crippen LogP contribution in [-0.4, -0.2) is 18.4 Å². The lowest BCUT2D eigenvalue weighted by atomic mass is 9.91. The number of aryl methyl sites for hydroxylation is 1. The fraction of sp³-hybridized carbons (Fsp3) is 0.333. The Bertz CT molecular complexity index is 813. The van der Waals surface area contributed by atoms with Gasteiger partial charge in [-0.25, -0.2) is 4.79 Å². The number of Topliss-reactive ketones (excluding diaryl/α,β-unsaturated/α-hetero) is 1. The third-order valence-electron chi connectivity index (χ3n) is 3.89. The van der Waals surface area contributed by atoms with Gasteiger partial charge in [0.2, 0.25) is 0 Å². The second-order valence-corrected chi connectivity index (χ2v) is 9.00. The zero-order valence-electron chi connectivity index (χ0n) is 15.8. The predicted octanol–water partition coefficient (Wildman–Crippen LogP) is 5.87. The Morgan fingerprint density at radius 1 is 1.00 bits per heavy atom. The average molecular weight is 498 g/mol. The number of hydrogen-bond donors (Lipinski definition) is 0. The number of ketones is 1. The number of benzene rings is 2. The molecular weight excluding hydrogens is 476 g/mol. The minimum atomic E-state index is -0.528. The first kappa shape index (κ1) is 21.6. The minimum absolute atomic E-state index is 0.116. The molecule has 0 saturated carbocycles. The summed E-state index contributed by atoms with van der Waals surface area (Å²) in [7, 11) is 0. The molecule has 27 heavy (non-hydrogen) atoms. The van der Waals surface area contributed by atoms with Crippen molar-refractivity contribution in [2.24, 2.45) is 5.41 Å². The number of carbonyl (C=O) groups is 2. The lowest BCUT2D eigenvalue weighted by Crippen LogP contribution is -2.26. The van der Waals surface area contributed by atoms with Crippen LogP contribution in [0.2, 0.25) is 0 Å². The molecule has 0 radical (unpaired) electrons. The van der Waals surface area contributed by atoms with Crippen LogP contribution in [-0.2, 0) is 16.1 Å². The Labute approximate surface area is 176 Å². The number of ether oxygens (including phenoxy) is 2. The van der Waals surface area contributed by atoms with Crippen molar-refractivity contribution in [1.82, 2.24) is 0 Å². The zero-order chi connectivity index (χ0) is 20.2. The summed E-state index contributed by atoms with van der Waals surface area (Å²) < 4.78 is 12.7. The van der Waals surface area contributed by atoms with Crippen molar-refractivity contribution >= 4 is 43.6 Å². The van der Waals surface area contributed by atoms with Gasteiger partial charge in [0.05, 0.1) is 14.5 Å². The lowest BCUT2D eigenvalue weighted by Gasteiger charge is -2.16. The second-order valence-electron chi connectivity index (χ2n) is 7.29. The zero-order valence-corrected chi connectivity index (χ0v) is 18.9. The smallest absolute Gasteiger partial charge is 0.338 e. The summed E-state index contributed by atoms with van der Waals surface area (Å²) >= 11 is 7.00. The van der Waals surface area contributed by atoms with Gasteiger partial charge in [-0.15, -0.1) is 0 Å². The SMILES string of the molecule is Cc1cc(Br)c(OCc2ccc(C(=O)OCC(=O)C(C)(C)C)cc2)c(Br)c1. The van der Waals surface area contributed by atoms with E-state index < -0.39 is 11.4 Å². The molecular formula is C21H22Br2O4. The highest BCUT2D eigenvalue weighted by Gasteiger charge is 2.22. The van der Waals surface area contributed by atoms with Crippen LogP contribution in [0.5, 0.6) is 5.75 Å². The van der Waals surface area contributed by atoms with E-state index in [1.165, 1.54) is 0 Å². The molecule has 0 aliphatic heterocycles. The van der Waals surface area contributed by atoms with Gasteiger partial charge in [0.15, 0.2) is 12.4 Å². The first-order valence-corrected chi connectivity index (χ1v) is 10.0. The normalized spacial score (nSPS) is 11.2. The topological polar surface area (TPSA) is 52.6 Å². The van der Waals surface area contributed by atoms with Crippen LogP contribution in [0.3, 0.4) is 0 Å². The van der Waals surface area contributed by atoms with Crippen LogP contribution in [0.15, 0.2) is 45.3 Å². The Morgan fingerprint density at radius 2 is 1.56 bits per heavy atom.